The van der Waals surface area contributed by atoms with E-state index in [1.54, 1.807) is 23.0 Å². The fourth-order valence-electron chi connectivity index (χ4n) is 3.42. The number of hydrogen-bond acceptors (Lipinski definition) is 5. The van der Waals surface area contributed by atoms with Crippen LogP contribution in [0.15, 0.2) is 53.6 Å². The second kappa shape index (κ2) is 9.22. The number of aryl methyl sites for hydroxylation is 1. The molecule has 4 rings (SSSR count). The Morgan fingerprint density at radius 1 is 1.12 bits per heavy atom. The van der Waals surface area contributed by atoms with E-state index < -0.39 is 0 Å². The van der Waals surface area contributed by atoms with Gasteiger partial charge in [-0.05, 0) is 50.6 Å². The summed E-state index contributed by atoms with van der Waals surface area (Å²) in [5.74, 6) is 1.01. The maximum atomic E-state index is 12.8. The minimum absolute atomic E-state index is 0.0344. The summed E-state index contributed by atoms with van der Waals surface area (Å²) >= 11 is 12.5. The molecule has 0 aliphatic heterocycles. The molecule has 0 saturated heterocycles. The average molecular weight is 472 g/mol. The topological polar surface area (TPSA) is 74.0 Å². The minimum atomic E-state index is -0.356. The first-order chi connectivity index (χ1) is 15.4. The van der Waals surface area contributed by atoms with E-state index in [0.29, 0.717) is 51.7 Å². The van der Waals surface area contributed by atoms with E-state index in [4.69, 9.17) is 27.9 Å². The molecular weight excluding hydrogens is 449 g/mol. The summed E-state index contributed by atoms with van der Waals surface area (Å²) in [6.07, 6.45) is 1.69. The largest absolute Gasteiger partial charge is 0.491 e. The standard InChI is InChI=1S/C23H23Cl2N5O2/c1-4-29-13-26-21-20(29)22(31)28-23(30(21)12-15-5-7-16(24)8-6-15)27-19-10-9-17(11-18(19)25)32-14(2)3/h5-11,13-14H,4,12H2,1-3H3,(H,27,28,31). The van der Waals surface area contributed by atoms with Crippen LogP contribution in [0.25, 0.3) is 11.2 Å². The van der Waals surface area contributed by atoms with Crippen LogP contribution in [-0.4, -0.2) is 25.2 Å². The molecule has 166 valence electrons. The fraction of sp³-hybridized carbons (Fsp3) is 0.261. The van der Waals surface area contributed by atoms with Gasteiger partial charge in [0, 0.05) is 17.6 Å². The number of rotatable bonds is 7. The molecule has 0 amide bonds. The van der Waals surface area contributed by atoms with Crippen molar-refractivity contribution < 1.29 is 4.74 Å². The predicted molar refractivity (Wildman–Crippen MR) is 129 cm³/mol. The van der Waals surface area contributed by atoms with E-state index >= 15 is 0 Å². The number of anilines is 2. The van der Waals surface area contributed by atoms with Gasteiger partial charge in [-0.1, -0.05) is 35.3 Å². The van der Waals surface area contributed by atoms with Crippen molar-refractivity contribution in [3.05, 3.63) is 74.8 Å². The molecule has 2 aromatic carbocycles. The zero-order chi connectivity index (χ0) is 22.8. The molecule has 32 heavy (non-hydrogen) atoms. The third-order valence-corrected chi connectivity index (χ3v) is 5.46. The minimum Gasteiger partial charge on any atom is -0.491 e. The van der Waals surface area contributed by atoms with E-state index in [2.05, 4.69) is 15.3 Å². The number of nitrogens with zero attached hydrogens (tertiary/aromatic N) is 4. The highest BCUT2D eigenvalue weighted by atomic mass is 35.5. The van der Waals surface area contributed by atoms with E-state index in [-0.39, 0.29) is 11.7 Å². The van der Waals surface area contributed by atoms with Gasteiger partial charge in [0.1, 0.15) is 5.75 Å². The molecule has 4 aromatic rings. The van der Waals surface area contributed by atoms with E-state index in [9.17, 15) is 4.79 Å². The van der Waals surface area contributed by atoms with Crippen LogP contribution in [0, 0.1) is 0 Å². The Bertz CT molecular complexity index is 1310. The highest BCUT2D eigenvalue weighted by Crippen LogP contribution is 2.30. The van der Waals surface area contributed by atoms with E-state index in [0.717, 1.165) is 5.56 Å². The summed E-state index contributed by atoms with van der Waals surface area (Å²) in [7, 11) is 0. The summed E-state index contributed by atoms with van der Waals surface area (Å²) in [6.45, 7) is 6.91. The molecule has 0 unspecified atom stereocenters. The number of fused-ring (bicyclic) bond motifs is 1. The Kier molecular flexibility index (Phi) is 6.39. The molecule has 0 saturated carbocycles. The van der Waals surface area contributed by atoms with Crippen molar-refractivity contribution in [3.8, 4) is 5.75 Å². The monoisotopic (exact) mass is 471 g/mol. The van der Waals surface area contributed by atoms with Crippen LogP contribution in [0.3, 0.4) is 0 Å². The first-order valence-electron chi connectivity index (χ1n) is 10.3. The third kappa shape index (κ3) is 4.59. The third-order valence-electron chi connectivity index (χ3n) is 4.89. The Labute approximate surface area is 195 Å². The zero-order valence-corrected chi connectivity index (χ0v) is 19.5. The van der Waals surface area contributed by atoms with Gasteiger partial charge < -0.3 is 14.6 Å². The molecule has 7 nitrogen and oxygen atoms in total. The number of aromatic nitrogens is 4. The summed E-state index contributed by atoms with van der Waals surface area (Å²) in [5.41, 5.74) is 2.24. The molecule has 0 spiro atoms. The van der Waals surface area contributed by atoms with Gasteiger partial charge in [0.25, 0.3) is 0 Å². The molecule has 1 N–H and O–H groups in total. The molecule has 0 bridgehead atoms. The number of imidazole rings is 1. The zero-order valence-electron chi connectivity index (χ0n) is 18.0. The fourth-order valence-corrected chi connectivity index (χ4v) is 3.76. The van der Waals surface area contributed by atoms with Gasteiger partial charge in [-0.2, -0.15) is 4.98 Å². The number of benzene rings is 2. The number of halogens is 2. The highest BCUT2D eigenvalue weighted by molar-refractivity contribution is 6.33. The summed E-state index contributed by atoms with van der Waals surface area (Å²) < 4.78 is 9.35. The first kappa shape index (κ1) is 22.2. The quantitative estimate of drug-likeness (QED) is 0.385. The van der Waals surface area contributed by atoms with Crippen molar-refractivity contribution >= 4 is 46.0 Å². The molecule has 0 fully saturated rings. The Morgan fingerprint density at radius 2 is 1.88 bits per heavy atom. The van der Waals surface area contributed by atoms with Crippen LogP contribution in [0.1, 0.15) is 26.3 Å². The molecule has 0 aliphatic carbocycles. The SMILES string of the molecule is CCn1cnc2c1c(=O)nc(Nc1ccc(OC(C)C)cc1Cl)n2Cc1ccc(Cl)cc1. The van der Waals surface area contributed by atoms with Crippen LogP contribution in [0.2, 0.25) is 10.0 Å². The van der Waals surface area contributed by atoms with Crippen LogP contribution in [0.5, 0.6) is 5.75 Å². The van der Waals surface area contributed by atoms with Crippen molar-refractivity contribution in [1.82, 2.24) is 19.1 Å². The Hall–Kier alpha value is -3.03. The van der Waals surface area contributed by atoms with Gasteiger partial charge in [0.2, 0.25) is 5.95 Å². The smallest absolute Gasteiger partial charge is 0.300 e. The van der Waals surface area contributed by atoms with Crippen molar-refractivity contribution in [2.45, 2.75) is 40.0 Å². The second-order valence-corrected chi connectivity index (χ2v) is 8.43. The number of hydrogen-bond donors (Lipinski definition) is 1. The lowest BCUT2D eigenvalue weighted by Crippen LogP contribution is -2.20. The molecule has 0 radical (unpaired) electrons. The van der Waals surface area contributed by atoms with Crippen molar-refractivity contribution in [2.24, 2.45) is 0 Å². The van der Waals surface area contributed by atoms with Gasteiger partial charge in [-0.15, -0.1) is 0 Å². The van der Waals surface area contributed by atoms with Gasteiger partial charge in [-0.3, -0.25) is 9.36 Å². The lowest BCUT2D eigenvalue weighted by Gasteiger charge is -2.17. The summed E-state index contributed by atoms with van der Waals surface area (Å²) in [4.78, 5) is 21.7. The normalized spacial score (nSPS) is 11.3. The first-order valence-corrected chi connectivity index (χ1v) is 11.0. The van der Waals surface area contributed by atoms with E-state index in [1.807, 2.05) is 55.7 Å². The number of ether oxygens (including phenoxy) is 1. The van der Waals surface area contributed by atoms with Crippen molar-refractivity contribution in [3.63, 3.8) is 0 Å². The van der Waals surface area contributed by atoms with Gasteiger partial charge in [0.05, 0.1) is 29.7 Å². The number of nitrogens with one attached hydrogen (secondary N) is 1. The van der Waals surface area contributed by atoms with Crippen LogP contribution in [0.4, 0.5) is 11.6 Å². The summed E-state index contributed by atoms with van der Waals surface area (Å²) in [6, 6.07) is 12.9. The molecule has 9 heteroatoms. The lowest BCUT2D eigenvalue weighted by molar-refractivity contribution is 0.242. The van der Waals surface area contributed by atoms with Crippen molar-refractivity contribution in [1.29, 1.82) is 0 Å². The Balaban J connectivity index is 1.79. The maximum absolute atomic E-state index is 12.8. The molecular formula is C23H23Cl2N5O2. The van der Waals surface area contributed by atoms with Crippen LogP contribution < -0.4 is 15.6 Å². The van der Waals surface area contributed by atoms with Gasteiger partial charge >= 0.3 is 5.56 Å². The van der Waals surface area contributed by atoms with Crippen LogP contribution in [-0.2, 0) is 13.1 Å². The summed E-state index contributed by atoms with van der Waals surface area (Å²) in [5, 5.41) is 4.31. The molecule has 0 atom stereocenters. The predicted octanol–water partition coefficient (Wildman–Crippen LogP) is 5.50. The molecule has 0 aliphatic rings. The van der Waals surface area contributed by atoms with E-state index in [1.165, 1.54) is 0 Å². The average Bonchev–Trinajstić information content (AvgIpc) is 3.18. The van der Waals surface area contributed by atoms with Gasteiger partial charge in [-0.25, -0.2) is 4.98 Å². The van der Waals surface area contributed by atoms with Crippen LogP contribution >= 0.6 is 23.2 Å². The maximum Gasteiger partial charge on any atom is 0.300 e. The Morgan fingerprint density at radius 3 is 2.53 bits per heavy atom. The second-order valence-electron chi connectivity index (χ2n) is 7.59. The molecule has 2 heterocycles. The lowest BCUT2D eigenvalue weighted by atomic mass is 10.2. The molecule has 2 aromatic heterocycles. The van der Waals surface area contributed by atoms with Gasteiger partial charge in [0.15, 0.2) is 11.2 Å². The highest BCUT2D eigenvalue weighted by Gasteiger charge is 2.17. The van der Waals surface area contributed by atoms with Crippen molar-refractivity contribution in [2.75, 3.05) is 5.32 Å².